The van der Waals surface area contributed by atoms with E-state index < -0.39 is 15.9 Å². The first kappa shape index (κ1) is 18.6. The third-order valence-corrected chi connectivity index (χ3v) is 5.54. The number of hydrogen-bond donors (Lipinski definition) is 2. The highest BCUT2D eigenvalue weighted by Crippen LogP contribution is 2.19. The van der Waals surface area contributed by atoms with Gasteiger partial charge in [-0.1, -0.05) is 48.5 Å². The Kier molecular flexibility index (Phi) is 4.92. The van der Waals surface area contributed by atoms with Gasteiger partial charge in [0.05, 0.1) is 10.5 Å². The van der Waals surface area contributed by atoms with Crippen molar-refractivity contribution in [3.8, 4) is 0 Å². The topological polar surface area (TPSA) is 101 Å². The van der Waals surface area contributed by atoms with Crippen LogP contribution in [0, 0.1) is 0 Å². The van der Waals surface area contributed by atoms with E-state index in [0.717, 1.165) is 10.8 Å². The molecule has 0 aliphatic carbocycles. The standard InChI is InChI=1S/C21H16N4O3S/c26-20(24-18-11-10-15-6-4-5-7-16(15)12-18)17-13-22-21(23-14-17)25-29(27,28)19-8-2-1-3-9-19/h1-14H,(H,24,26)(H,22,23,25). The zero-order valence-electron chi connectivity index (χ0n) is 15.1. The van der Waals surface area contributed by atoms with E-state index in [1.807, 2.05) is 42.5 Å². The van der Waals surface area contributed by atoms with E-state index in [9.17, 15) is 13.2 Å². The van der Waals surface area contributed by atoms with Gasteiger partial charge in [0, 0.05) is 18.1 Å². The van der Waals surface area contributed by atoms with Crippen LogP contribution in [-0.4, -0.2) is 24.3 Å². The molecule has 0 bridgehead atoms. The lowest BCUT2D eigenvalue weighted by atomic mass is 10.1. The number of anilines is 2. The summed E-state index contributed by atoms with van der Waals surface area (Å²) in [7, 11) is -3.79. The second kappa shape index (κ2) is 7.69. The third-order valence-electron chi connectivity index (χ3n) is 4.20. The maximum atomic E-state index is 12.4. The molecular weight excluding hydrogens is 388 g/mol. The first-order chi connectivity index (χ1) is 14.0. The summed E-state index contributed by atoms with van der Waals surface area (Å²) in [5, 5.41) is 4.87. The van der Waals surface area contributed by atoms with Crippen molar-refractivity contribution in [2.45, 2.75) is 4.90 Å². The van der Waals surface area contributed by atoms with Crippen LogP contribution >= 0.6 is 0 Å². The number of carbonyl (C=O) groups is 1. The largest absolute Gasteiger partial charge is 0.322 e. The Morgan fingerprint density at radius 3 is 2.17 bits per heavy atom. The molecule has 3 aromatic carbocycles. The van der Waals surface area contributed by atoms with E-state index in [1.165, 1.54) is 24.5 Å². The molecule has 0 unspecified atom stereocenters. The molecule has 4 rings (SSSR count). The van der Waals surface area contributed by atoms with Crippen molar-refractivity contribution in [2.75, 3.05) is 10.0 Å². The molecule has 8 heteroatoms. The summed E-state index contributed by atoms with van der Waals surface area (Å²) in [6, 6.07) is 21.3. The number of hydrogen-bond acceptors (Lipinski definition) is 5. The number of benzene rings is 3. The van der Waals surface area contributed by atoms with Crippen molar-refractivity contribution in [1.82, 2.24) is 9.97 Å². The van der Waals surface area contributed by atoms with Crippen LogP contribution in [0.1, 0.15) is 10.4 Å². The fraction of sp³-hybridized carbons (Fsp3) is 0. The highest BCUT2D eigenvalue weighted by Gasteiger charge is 2.15. The minimum Gasteiger partial charge on any atom is -0.322 e. The first-order valence-electron chi connectivity index (χ1n) is 8.71. The van der Waals surface area contributed by atoms with Gasteiger partial charge in [-0.15, -0.1) is 0 Å². The Balaban J connectivity index is 1.47. The Hall–Kier alpha value is -3.78. The first-order valence-corrected chi connectivity index (χ1v) is 10.2. The van der Waals surface area contributed by atoms with Gasteiger partial charge in [-0.2, -0.15) is 0 Å². The SMILES string of the molecule is O=C(Nc1ccc2ccccc2c1)c1cnc(NS(=O)(=O)c2ccccc2)nc1. The lowest BCUT2D eigenvalue weighted by Gasteiger charge is -2.08. The van der Waals surface area contributed by atoms with Gasteiger partial charge in [0.15, 0.2) is 0 Å². The number of amides is 1. The molecule has 2 N–H and O–H groups in total. The van der Waals surface area contributed by atoms with Gasteiger partial charge in [0.2, 0.25) is 5.95 Å². The number of rotatable bonds is 5. The highest BCUT2D eigenvalue weighted by atomic mass is 32.2. The fourth-order valence-electron chi connectivity index (χ4n) is 2.75. The van der Waals surface area contributed by atoms with Gasteiger partial charge in [0.25, 0.3) is 15.9 Å². The Morgan fingerprint density at radius 1 is 0.793 bits per heavy atom. The van der Waals surface area contributed by atoms with Crippen LogP contribution < -0.4 is 10.0 Å². The molecule has 0 aliphatic heterocycles. The van der Waals surface area contributed by atoms with Crippen LogP contribution in [-0.2, 0) is 10.0 Å². The summed E-state index contributed by atoms with van der Waals surface area (Å²) in [5.74, 6) is -0.506. The molecule has 0 spiro atoms. The Morgan fingerprint density at radius 2 is 1.45 bits per heavy atom. The lowest BCUT2D eigenvalue weighted by molar-refractivity contribution is 0.102. The molecule has 1 aromatic heterocycles. The van der Waals surface area contributed by atoms with Crippen LogP contribution in [0.4, 0.5) is 11.6 Å². The van der Waals surface area contributed by atoms with Gasteiger partial charge in [-0.3, -0.25) is 4.79 Å². The van der Waals surface area contributed by atoms with Gasteiger partial charge < -0.3 is 5.32 Å². The molecule has 0 radical (unpaired) electrons. The molecule has 0 saturated heterocycles. The number of fused-ring (bicyclic) bond motifs is 1. The predicted octanol–water partition coefficient (Wildman–Crippen LogP) is 3.68. The molecule has 0 saturated carbocycles. The highest BCUT2D eigenvalue weighted by molar-refractivity contribution is 7.92. The third kappa shape index (κ3) is 4.22. The zero-order valence-corrected chi connectivity index (χ0v) is 15.9. The molecule has 144 valence electrons. The minimum atomic E-state index is -3.79. The zero-order chi connectivity index (χ0) is 20.3. The predicted molar refractivity (Wildman–Crippen MR) is 111 cm³/mol. The number of sulfonamides is 1. The Bertz CT molecular complexity index is 1270. The lowest BCUT2D eigenvalue weighted by Crippen LogP contribution is -2.16. The molecule has 1 heterocycles. The summed E-state index contributed by atoms with van der Waals surface area (Å²) < 4.78 is 26.9. The molecule has 29 heavy (non-hydrogen) atoms. The molecule has 0 atom stereocenters. The van der Waals surface area contributed by atoms with Gasteiger partial charge in [0.1, 0.15) is 0 Å². The van der Waals surface area contributed by atoms with Crippen LogP contribution in [0.15, 0.2) is 90.1 Å². The van der Waals surface area contributed by atoms with Gasteiger partial charge in [-0.05, 0) is 35.0 Å². The molecular formula is C21H16N4O3S. The van der Waals surface area contributed by atoms with Crippen molar-refractivity contribution >= 4 is 38.3 Å². The van der Waals surface area contributed by atoms with Crippen molar-refractivity contribution in [3.05, 3.63) is 90.8 Å². The van der Waals surface area contributed by atoms with Gasteiger partial charge >= 0.3 is 0 Å². The molecule has 7 nitrogen and oxygen atoms in total. The fourth-order valence-corrected chi connectivity index (χ4v) is 3.73. The van der Waals surface area contributed by atoms with Crippen molar-refractivity contribution in [1.29, 1.82) is 0 Å². The quantitative estimate of drug-likeness (QED) is 0.528. The molecule has 4 aromatic rings. The van der Waals surface area contributed by atoms with Crippen LogP contribution in [0.5, 0.6) is 0 Å². The summed E-state index contributed by atoms with van der Waals surface area (Å²) in [4.78, 5) is 20.4. The average Bonchev–Trinajstić information content (AvgIpc) is 2.74. The maximum Gasteiger partial charge on any atom is 0.264 e. The smallest absolute Gasteiger partial charge is 0.264 e. The van der Waals surface area contributed by atoms with Gasteiger partial charge in [-0.25, -0.2) is 23.1 Å². The molecule has 0 fully saturated rings. The minimum absolute atomic E-state index is 0.0988. The van der Waals surface area contributed by atoms with E-state index in [2.05, 4.69) is 20.0 Å². The second-order valence-electron chi connectivity index (χ2n) is 6.23. The number of aromatic nitrogens is 2. The van der Waals surface area contributed by atoms with Crippen molar-refractivity contribution in [3.63, 3.8) is 0 Å². The Labute approximate surface area is 167 Å². The summed E-state index contributed by atoms with van der Waals surface area (Å²) >= 11 is 0. The monoisotopic (exact) mass is 404 g/mol. The van der Waals surface area contributed by atoms with E-state index in [0.29, 0.717) is 5.69 Å². The summed E-state index contributed by atoms with van der Waals surface area (Å²) in [6.45, 7) is 0. The second-order valence-corrected chi connectivity index (χ2v) is 7.91. The normalized spacial score (nSPS) is 11.2. The van der Waals surface area contributed by atoms with Crippen molar-refractivity contribution in [2.24, 2.45) is 0 Å². The van der Waals surface area contributed by atoms with Crippen molar-refractivity contribution < 1.29 is 13.2 Å². The van der Waals surface area contributed by atoms with Crippen LogP contribution in [0.3, 0.4) is 0 Å². The number of nitrogens with one attached hydrogen (secondary N) is 2. The summed E-state index contributed by atoms with van der Waals surface area (Å²) in [6.07, 6.45) is 2.54. The number of carbonyl (C=O) groups excluding carboxylic acids is 1. The average molecular weight is 404 g/mol. The van der Waals surface area contributed by atoms with Crippen LogP contribution in [0.25, 0.3) is 10.8 Å². The van der Waals surface area contributed by atoms with Crippen LogP contribution in [0.2, 0.25) is 0 Å². The van der Waals surface area contributed by atoms with E-state index in [4.69, 9.17) is 0 Å². The molecule has 0 aliphatic rings. The molecule has 1 amide bonds. The van der Waals surface area contributed by atoms with E-state index in [1.54, 1.807) is 18.2 Å². The van der Waals surface area contributed by atoms with E-state index in [-0.39, 0.29) is 16.4 Å². The maximum absolute atomic E-state index is 12.4. The van der Waals surface area contributed by atoms with E-state index >= 15 is 0 Å². The summed E-state index contributed by atoms with van der Waals surface area (Å²) in [5.41, 5.74) is 0.850. The number of nitrogens with zero attached hydrogens (tertiary/aromatic N) is 2.